The maximum atomic E-state index is 13.0. The van der Waals surface area contributed by atoms with E-state index in [2.05, 4.69) is 20.8 Å². The van der Waals surface area contributed by atoms with E-state index in [-0.39, 0.29) is 16.3 Å². The Morgan fingerprint density at radius 1 is 1.22 bits per heavy atom. The zero-order chi connectivity index (χ0) is 19.4. The molecule has 3 rings (SSSR count). The van der Waals surface area contributed by atoms with E-state index in [1.807, 2.05) is 0 Å². The molecule has 2 aromatic carbocycles. The van der Waals surface area contributed by atoms with Gasteiger partial charge in [-0.15, -0.1) is 5.10 Å². The fourth-order valence-electron chi connectivity index (χ4n) is 2.14. The number of hydrogen-bond donors (Lipinski definition) is 1. The van der Waals surface area contributed by atoms with Gasteiger partial charge in [-0.1, -0.05) is 11.6 Å². The summed E-state index contributed by atoms with van der Waals surface area (Å²) in [6.45, 7) is 1.42. The van der Waals surface area contributed by atoms with Gasteiger partial charge >= 0.3 is 5.97 Å². The number of anilines is 1. The number of ether oxygens (including phenoxy) is 1. The molecule has 0 spiro atoms. The van der Waals surface area contributed by atoms with Gasteiger partial charge in [0.2, 0.25) is 0 Å². The second kappa shape index (κ2) is 7.92. The zero-order valence-electron chi connectivity index (χ0n) is 14.0. The zero-order valence-corrected chi connectivity index (χ0v) is 14.7. The molecular formula is C17H13ClFN5O3. The maximum Gasteiger partial charge on any atom is 0.338 e. The number of nitrogens with zero attached hydrogens (tertiary/aromatic N) is 4. The molecule has 1 atom stereocenters. The van der Waals surface area contributed by atoms with Crippen LogP contribution in [0, 0.1) is 5.82 Å². The minimum absolute atomic E-state index is 0.0417. The van der Waals surface area contributed by atoms with Crippen molar-refractivity contribution in [1.82, 2.24) is 20.2 Å². The lowest BCUT2D eigenvalue weighted by Gasteiger charge is -2.14. The minimum atomic E-state index is -1.09. The van der Waals surface area contributed by atoms with E-state index in [9.17, 15) is 14.0 Å². The highest BCUT2D eigenvalue weighted by Crippen LogP contribution is 2.22. The number of tetrazole rings is 1. The molecule has 27 heavy (non-hydrogen) atoms. The van der Waals surface area contributed by atoms with Crippen molar-refractivity contribution in [3.05, 3.63) is 65.2 Å². The number of hydrogen-bond acceptors (Lipinski definition) is 6. The number of amides is 1. The van der Waals surface area contributed by atoms with Crippen molar-refractivity contribution in [2.24, 2.45) is 0 Å². The van der Waals surface area contributed by atoms with Crippen molar-refractivity contribution in [3.63, 3.8) is 0 Å². The van der Waals surface area contributed by atoms with Gasteiger partial charge in [0, 0.05) is 0 Å². The van der Waals surface area contributed by atoms with Crippen LogP contribution in [0.15, 0.2) is 48.8 Å². The van der Waals surface area contributed by atoms with Gasteiger partial charge in [0.1, 0.15) is 12.1 Å². The Morgan fingerprint density at radius 2 is 1.96 bits per heavy atom. The van der Waals surface area contributed by atoms with Crippen LogP contribution in [0.1, 0.15) is 17.3 Å². The molecule has 0 saturated heterocycles. The molecule has 0 radical (unpaired) electrons. The molecule has 1 unspecified atom stereocenters. The van der Waals surface area contributed by atoms with Crippen molar-refractivity contribution < 1.29 is 18.7 Å². The molecule has 1 N–H and O–H groups in total. The number of aromatic nitrogens is 4. The molecule has 8 nitrogen and oxygen atoms in total. The summed E-state index contributed by atoms with van der Waals surface area (Å²) in [6, 6.07) is 9.87. The van der Waals surface area contributed by atoms with Gasteiger partial charge in [-0.3, -0.25) is 4.79 Å². The molecule has 3 aromatic rings. The summed E-state index contributed by atoms with van der Waals surface area (Å²) in [5.74, 6) is -1.80. The fraction of sp³-hybridized carbons (Fsp3) is 0.118. The summed E-state index contributed by atoms with van der Waals surface area (Å²) in [5.41, 5.74) is 1.14. The topological polar surface area (TPSA) is 99.0 Å². The molecular weight excluding hydrogens is 377 g/mol. The number of esters is 1. The Hall–Kier alpha value is -3.33. The van der Waals surface area contributed by atoms with Gasteiger partial charge in [0.15, 0.2) is 6.10 Å². The van der Waals surface area contributed by atoms with Crippen LogP contribution in [0.3, 0.4) is 0 Å². The van der Waals surface area contributed by atoms with E-state index < -0.39 is 23.8 Å². The largest absolute Gasteiger partial charge is 0.449 e. The highest BCUT2D eigenvalue weighted by molar-refractivity contribution is 6.33. The summed E-state index contributed by atoms with van der Waals surface area (Å²) in [4.78, 5) is 24.4. The van der Waals surface area contributed by atoms with E-state index in [0.717, 1.165) is 12.1 Å². The second-order valence-electron chi connectivity index (χ2n) is 5.46. The smallest absolute Gasteiger partial charge is 0.338 e. The van der Waals surface area contributed by atoms with E-state index in [4.69, 9.17) is 16.3 Å². The van der Waals surface area contributed by atoms with Crippen LogP contribution < -0.4 is 5.32 Å². The summed E-state index contributed by atoms with van der Waals surface area (Å²) in [5, 5.41) is 13.3. The molecule has 138 valence electrons. The Morgan fingerprint density at radius 3 is 2.59 bits per heavy atom. The van der Waals surface area contributed by atoms with Crippen LogP contribution >= 0.6 is 11.6 Å². The van der Waals surface area contributed by atoms with Crippen LogP contribution in [-0.2, 0) is 9.53 Å². The van der Waals surface area contributed by atoms with Crippen LogP contribution in [0.2, 0.25) is 5.02 Å². The average Bonchev–Trinajstić information content (AvgIpc) is 3.18. The molecule has 1 heterocycles. The first-order chi connectivity index (χ1) is 12.9. The first kappa shape index (κ1) is 18.5. The van der Waals surface area contributed by atoms with Gasteiger partial charge in [0.25, 0.3) is 5.91 Å². The van der Waals surface area contributed by atoms with Crippen molar-refractivity contribution in [3.8, 4) is 5.69 Å². The third-order valence-corrected chi connectivity index (χ3v) is 3.87. The highest BCUT2D eigenvalue weighted by Gasteiger charge is 2.20. The molecule has 10 heteroatoms. The molecule has 1 amide bonds. The van der Waals surface area contributed by atoms with Gasteiger partial charge in [0.05, 0.1) is 22.0 Å². The van der Waals surface area contributed by atoms with Crippen molar-refractivity contribution in [1.29, 1.82) is 0 Å². The quantitative estimate of drug-likeness (QED) is 0.673. The van der Waals surface area contributed by atoms with Gasteiger partial charge in [-0.05, 0) is 59.8 Å². The first-order valence-corrected chi connectivity index (χ1v) is 8.12. The summed E-state index contributed by atoms with van der Waals surface area (Å²) in [7, 11) is 0. The SMILES string of the molecule is CC(OC(=O)c1ccc(-n2cnnn2)cc1)C(=O)Nc1ccc(F)cc1Cl. The standard InChI is InChI=1S/C17H13ClFN5O3/c1-10(16(25)21-15-7-4-12(19)8-14(15)18)27-17(26)11-2-5-13(6-3-11)24-9-20-22-23-24/h2-10H,1H3,(H,21,25). The molecule has 0 bridgehead atoms. The number of benzene rings is 2. The summed E-state index contributed by atoms with van der Waals surface area (Å²) in [6.07, 6.45) is 0.332. The number of carbonyl (C=O) groups is 2. The summed E-state index contributed by atoms with van der Waals surface area (Å²) < 4.78 is 19.6. The van der Waals surface area contributed by atoms with Crippen LogP contribution in [-0.4, -0.2) is 38.2 Å². The van der Waals surface area contributed by atoms with Gasteiger partial charge < -0.3 is 10.1 Å². The predicted molar refractivity (Wildman–Crippen MR) is 94.1 cm³/mol. The normalized spacial score (nSPS) is 11.7. The van der Waals surface area contributed by atoms with Crippen LogP contribution in [0.25, 0.3) is 5.69 Å². The maximum absolute atomic E-state index is 13.0. The van der Waals surface area contributed by atoms with Crippen molar-refractivity contribution in [2.75, 3.05) is 5.32 Å². The van der Waals surface area contributed by atoms with Gasteiger partial charge in [-0.2, -0.15) is 0 Å². The molecule has 0 fully saturated rings. The second-order valence-corrected chi connectivity index (χ2v) is 5.87. The van der Waals surface area contributed by atoms with E-state index in [1.54, 1.807) is 12.1 Å². The number of nitrogens with one attached hydrogen (secondary N) is 1. The van der Waals surface area contributed by atoms with Crippen molar-refractivity contribution >= 4 is 29.2 Å². The van der Waals surface area contributed by atoms with E-state index >= 15 is 0 Å². The number of carbonyl (C=O) groups excluding carboxylic acids is 2. The molecule has 0 aliphatic carbocycles. The first-order valence-electron chi connectivity index (χ1n) is 7.74. The van der Waals surface area contributed by atoms with Crippen LogP contribution in [0.4, 0.5) is 10.1 Å². The van der Waals surface area contributed by atoms with E-state index in [1.165, 1.54) is 36.1 Å². The molecule has 1 aromatic heterocycles. The predicted octanol–water partition coefficient (Wildman–Crippen LogP) is 2.64. The van der Waals surface area contributed by atoms with E-state index in [0.29, 0.717) is 5.69 Å². The number of halogens is 2. The monoisotopic (exact) mass is 389 g/mol. The third-order valence-electron chi connectivity index (χ3n) is 3.56. The highest BCUT2D eigenvalue weighted by atomic mass is 35.5. The molecule has 0 aliphatic rings. The average molecular weight is 390 g/mol. The Balaban J connectivity index is 1.62. The van der Waals surface area contributed by atoms with Crippen molar-refractivity contribution in [2.45, 2.75) is 13.0 Å². The third kappa shape index (κ3) is 4.45. The lowest BCUT2D eigenvalue weighted by molar-refractivity contribution is -0.123. The lowest BCUT2D eigenvalue weighted by atomic mass is 10.2. The number of rotatable bonds is 5. The van der Waals surface area contributed by atoms with Gasteiger partial charge in [-0.25, -0.2) is 13.9 Å². The molecule has 0 saturated carbocycles. The Bertz CT molecular complexity index is 963. The minimum Gasteiger partial charge on any atom is -0.449 e. The summed E-state index contributed by atoms with van der Waals surface area (Å²) >= 11 is 5.86. The Labute approximate surface area is 157 Å². The Kier molecular flexibility index (Phi) is 5.41. The molecule has 0 aliphatic heterocycles. The fourth-order valence-corrected chi connectivity index (χ4v) is 2.35. The van der Waals surface area contributed by atoms with Crippen LogP contribution in [0.5, 0.6) is 0 Å². The lowest BCUT2D eigenvalue weighted by Crippen LogP contribution is -2.30.